The Labute approximate surface area is 160 Å². The molecule has 0 spiro atoms. The first kappa shape index (κ1) is 18.9. The first-order chi connectivity index (χ1) is 12.6. The van der Waals surface area contributed by atoms with Gasteiger partial charge in [0.2, 0.25) is 0 Å². The van der Waals surface area contributed by atoms with E-state index in [1.54, 1.807) is 6.20 Å². The van der Waals surface area contributed by atoms with Gasteiger partial charge in [0.05, 0.1) is 5.54 Å². The highest BCUT2D eigenvalue weighted by atomic mass is 16.6. The minimum Gasteiger partial charge on any atom is -0.444 e. The summed E-state index contributed by atoms with van der Waals surface area (Å²) < 4.78 is 5.37. The summed E-state index contributed by atoms with van der Waals surface area (Å²) in [4.78, 5) is 16.3. The van der Waals surface area contributed by atoms with E-state index in [2.05, 4.69) is 40.6 Å². The molecule has 3 rings (SSSR count). The van der Waals surface area contributed by atoms with Gasteiger partial charge < -0.3 is 10.1 Å². The number of carbonyl (C=O) groups is 1. The highest BCUT2D eigenvalue weighted by Gasteiger charge is 2.26. The molecule has 0 aliphatic carbocycles. The Kier molecular flexibility index (Phi) is 4.92. The lowest BCUT2D eigenvalue weighted by molar-refractivity contribution is 0.0470. The Balaban J connectivity index is 1.80. The van der Waals surface area contributed by atoms with Crippen molar-refractivity contribution in [2.45, 2.75) is 45.8 Å². The SMILES string of the molecule is CC(C)(C)OC(=O)NC(C)(C)c1ccc(-c2ccc3cnccc3c2)cc1. The number of aromatic nitrogens is 1. The average Bonchev–Trinajstić information content (AvgIpc) is 2.59. The van der Waals surface area contributed by atoms with Crippen molar-refractivity contribution in [3.05, 3.63) is 66.5 Å². The van der Waals surface area contributed by atoms with E-state index in [1.807, 2.05) is 59.0 Å². The van der Waals surface area contributed by atoms with Crippen LogP contribution in [0.2, 0.25) is 0 Å². The Morgan fingerprint density at radius 3 is 2.22 bits per heavy atom. The molecule has 0 aliphatic heterocycles. The molecule has 0 atom stereocenters. The fourth-order valence-corrected chi connectivity index (χ4v) is 2.97. The van der Waals surface area contributed by atoms with Crippen molar-refractivity contribution in [2.24, 2.45) is 0 Å². The normalized spacial score (nSPS) is 12.0. The molecule has 4 heteroatoms. The first-order valence-corrected chi connectivity index (χ1v) is 9.10. The molecular weight excluding hydrogens is 336 g/mol. The van der Waals surface area contributed by atoms with Crippen LogP contribution in [0.1, 0.15) is 40.2 Å². The standard InChI is InChI=1S/C23H26N2O2/c1-22(2,3)27-21(26)25-23(4,5)20-10-8-16(9-11-20)17-6-7-19-15-24-13-12-18(19)14-17/h6-15H,1-5H3,(H,25,26). The van der Waals surface area contributed by atoms with Crippen LogP contribution in [0.25, 0.3) is 21.9 Å². The molecule has 0 fully saturated rings. The number of amides is 1. The summed E-state index contributed by atoms with van der Waals surface area (Å²) in [6.45, 7) is 9.50. The van der Waals surface area contributed by atoms with Crippen molar-refractivity contribution in [1.29, 1.82) is 0 Å². The average molecular weight is 362 g/mol. The fraction of sp³-hybridized carbons (Fsp3) is 0.304. The van der Waals surface area contributed by atoms with E-state index >= 15 is 0 Å². The van der Waals surface area contributed by atoms with Crippen LogP contribution in [0.5, 0.6) is 0 Å². The van der Waals surface area contributed by atoms with Gasteiger partial charge in [-0.2, -0.15) is 0 Å². The summed E-state index contributed by atoms with van der Waals surface area (Å²) in [5.74, 6) is 0. The maximum Gasteiger partial charge on any atom is 0.408 e. The molecule has 1 N–H and O–H groups in total. The summed E-state index contributed by atoms with van der Waals surface area (Å²) in [7, 11) is 0. The van der Waals surface area contributed by atoms with Gasteiger partial charge in [0.25, 0.3) is 0 Å². The third kappa shape index (κ3) is 4.64. The van der Waals surface area contributed by atoms with Crippen molar-refractivity contribution in [3.63, 3.8) is 0 Å². The topological polar surface area (TPSA) is 51.2 Å². The van der Waals surface area contributed by atoms with Crippen molar-refractivity contribution in [1.82, 2.24) is 10.3 Å². The van der Waals surface area contributed by atoms with E-state index in [1.165, 1.54) is 5.39 Å². The largest absolute Gasteiger partial charge is 0.444 e. The van der Waals surface area contributed by atoms with Crippen molar-refractivity contribution >= 4 is 16.9 Å². The Morgan fingerprint density at radius 1 is 0.889 bits per heavy atom. The lowest BCUT2D eigenvalue weighted by atomic mass is 9.92. The van der Waals surface area contributed by atoms with E-state index in [9.17, 15) is 4.79 Å². The molecular formula is C23H26N2O2. The fourth-order valence-electron chi connectivity index (χ4n) is 2.97. The van der Waals surface area contributed by atoms with Gasteiger partial charge in [0.15, 0.2) is 0 Å². The van der Waals surface area contributed by atoms with Crippen LogP contribution in [-0.4, -0.2) is 16.7 Å². The molecule has 1 aromatic heterocycles. The van der Waals surface area contributed by atoms with Crippen LogP contribution < -0.4 is 5.32 Å². The number of carbonyl (C=O) groups excluding carboxylic acids is 1. The number of hydrogen-bond donors (Lipinski definition) is 1. The molecule has 140 valence electrons. The molecule has 4 nitrogen and oxygen atoms in total. The third-order valence-corrected chi connectivity index (χ3v) is 4.39. The number of ether oxygens (including phenoxy) is 1. The van der Waals surface area contributed by atoms with Gasteiger partial charge in [0.1, 0.15) is 5.60 Å². The molecule has 2 aromatic carbocycles. The number of nitrogens with one attached hydrogen (secondary N) is 1. The zero-order valence-electron chi connectivity index (χ0n) is 16.5. The van der Waals surface area contributed by atoms with Crippen molar-refractivity contribution in [3.8, 4) is 11.1 Å². The second-order valence-corrected chi connectivity index (χ2v) is 8.27. The second kappa shape index (κ2) is 7.03. The maximum atomic E-state index is 12.1. The van der Waals surface area contributed by atoms with Gasteiger partial charge in [-0.3, -0.25) is 4.98 Å². The lowest BCUT2D eigenvalue weighted by Gasteiger charge is -2.29. The van der Waals surface area contributed by atoms with Crippen molar-refractivity contribution < 1.29 is 9.53 Å². The number of hydrogen-bond acceptors (Lipinski definition) is 3. The van der Waals surface area contributed by atoms with E-state index in [0.717, 1.165) is 22.1 Å². The van der Waals surface area contributed by atoms with Crippen LogP contribution in [0.3, 0.4) is 0 Å². The minimum atomic E-state index is -0.532. The van der Waals surface area contributed by atoms with Gasteiger partial charge in [0, 0.05) is 17.8 Å². The van der Waals surface area contributed by atoms with Crippen LogP contribution in [0.15, 0.2) is 60.9 Å². The van der Waals surface area contributed by atoms with E-state index < -0.39 is 17.2 Å². The van der Waals surface area contributed by atoms with Gasteiger partial charge in [-0.25, -0.2) is 4.79 Å². The molecule has 3 aromatic rings. The second-order valence-electron chi connectivity index (χ2n) is 8.27. The highest BCUT2D eigenvalue weighted by Crippen LogP contribution is 2.27. The maximum absolute atomic E-state index is 12.1. The molecule has 0 saturated heterocycles. The van der Waals surface area contributed by atoms with Gasteiger partial charge in [-0.1, -0.05) is 36.4 Å². The molecule has 0 bridgehead atoms. The van der Waals surface area contributed by atoms with Crippen molar-refractivity contribution in [2.75, 3.05) is 0 Å². The third-order valence-electron chi connectivity index (χ3n) is 4.39. The number of nitrogens with zero attached hydrogens (tertiary/aromatic N) is 1. The molecule has 0 unspecified atom stereocenters. The molecule has 0 aliphatic rings. The molecule has 0 saturated carbocycles. The molecule has 0 radical (unpaired) electrons. The zero-order valence-corrected chi connectivity index (χ0v) is 16.5. The first-order valence-electron chi connectivity index (χ1n) is 9.10. The molecule has 1 amide bonds. The number of benzene rings is 2. The number of pyridine rings is 1. The quantitative estimate of drug-likeness (QED) is 0.654. The van der Waals surface area contributed by atoms with E-state index in [4.69, 9.17) is 4.74 Å². The van der Waals surface area contributed by atoms with Crippen LogP contribution in [0.4, 0.5) is 4.79 Å². The highest BCUT2D eigenvalue weighted by molar-refractivity contribution is 5.86. The summed E-state index contributed by atoms with van der Waals surface area (Å²) >= 11 is 0. The lowest BCUT2D eigenvalue weighted by Crippen LogP contribution is -2.43. The Hall–Kier alpha value is -2.88. The number of alkyl carbamates (subject to hydrolysis) is 1. The molecule has 1 heterocycles. The minimum absolute atomic E-state index is 0.417. The Bertz CT molecular complexity index is 954. The van der Waals surface area contributed by atoms with E-state index in [0.29, 0.717) is 0 Å². The van der Waals surface area contributed by atoms with Gasteiger partial charge in [-0.05, 0) is 68.8 Å². The number of fused-ring (bicyclic) bond motifs is 1. The summed E-state index contributed by atoms with van der Waals surface area (Å²) in [5.41, 5.74) is 2.25. The predicted octanol–water partition coefficient (Wildman–Crippen LogP) is 5.66. The smallest absolute Gasteiger partial charge is 0.408 e. The van der Waals surface area contributed by atoms with Gasteiger partial charge >= 0.3 is 6.09 Å². The summed E-state index contributed by atoms with van der Waals surface area (Å²) in [5, 5.41) is 5.24. The zero-order chi connectivity index (χ0) is 19.7. The predicted molar refractivity (Wildman–Crippen MR) is 110 cm³/mol. The number of rotatable bonds is 3. The van der Waals surface area contributed by atoms with Gasteiger partial charge in [-0.15, -0.1) is 0 Å². The summed E-state index contributed by atoms with van der Waals surface area (Å²) in [6, 6.07) is 16.6. The van der Waals surface area contributed by atoms with Crippen LogP contribution in [-0.2, 0) is 10.3 Å². The summed E-state index contributed by atoms with van der Waals surface area (Å²) in [6.07, 6.45) is 3.26. The molecule has 27 heavy (non-hydrogen) atoms. The van der Waals surface area contributed by atoms with Crippen LogP contribution >= 0.6 is 0 Å². The Morgan fingerprint density at radius 2 is 1.56 bits per heavy atom. The van der Waals surface area contributed by atoms with E-state index in [-0.39, 0.29) is 0 Å². The van der Waals surface area contributed by atoms with Crippen LogP contribution in [0, 0.1) is 0 Å². The monoisotopic (exact) mass is 362 g/mol.